The highest BCUT2D eigenvalue weighted by Crippen LogP contribution is 2.18. The predicted molar refractivity (Wildman–Crippen MR) is 85.6 cm³/mol. The molecule has 0 saturated carbocycles. The third kappa shape index (κ3) is 7.42. The Balaban J connectivity index is 0.00000400. The van der Waals surface area contributed by atoms with E-state index in [1.54, 1.807) is 6.92 Å². The second kappa shape index (κ2) is 8.99. The molecule has 6 nitrogen and oxygen atoms in total. The van der Waals surface area contributed by atoms with Gasteiger partial charge < -0.3 is 11.1 Å². The first kappa shape index (κ1) is 19.9. The SMILES string of the molecule is CC(C(=O)NCCNS(C)(=O)=O)C(N)c1ccccc1.Cl. The summed E-state index contributed by atoms with van der Waals surface area (Å²) in [5.41, 5.74) is 6.93. The Morgan fingerprint density at radius 3 is 2.33 bits per heavy atom. The fraction of sp³-hybridized carbons (Fsp3) is 0.462. The summed E-state index contributed by atoms with van der Waals surface area (Å²) in [7, 11) is -3.23. The zero-order valence-electron chi connectivity index (χ0n) is 12.1. The molecule has 4 N–H and O–H groups in total. The third-order valence-electron chi connectivity index (χ3n) is 2.93. The average Bonchev–Trinajstić information content (AvgIpc) is 2.41. The first-order valence-corrected chi connectivity index (χ1v) is 8.23. The van der Waals surface area contributed by atoms with Crippen molar-refractivity contribution >= 4 is 28.3 Å². The molecule has 0 aliphatic rings. The van der Waals surface area contributed by atoms with E-state index >= 15 is 0 Å². The summed E-state index contributed by atoms with van der Waals surface area (Å²) >= 11 is 0. The number of benzene rings is 1. The van der Waals surface area contributed by atoms with Gasteiger partial charge in [0, 0.05) is 19.1 Å². The Kier molecular flexibility index (Phi) is 8.50. The van der Waals surface area contributed by atoms with Crippen molar-refractivity contribution < 1.29 is 13.2 Å². The molecule has 0 heterocycles. The van der Waals surface area contributed by atoms with E-state index < -0.39 is 15.9 Å². The van der Waals surface area contributed by atoms with Crippen LogP contribution < -0.4 is 15.8 Å². The lowest BCUT2D eigenvalue weighted by atomic mass is 9.95. The molecule has 0 radical (unpaired) electrons. The van der Waals surface area contributed by atoms with Gasteiger partial charge in [0.1, 0.15) is 0 Å². The molecule has 1 amide bonds. The van der Waals surface area contributed by atoms with Gasteiger partial charge in [0.2, 0.25) is 15.9 Å². The van der Waals surface area contributed by atoms with Crippen molar-refractivity contribution in [2.45, 2.75) is 13.0 Å². The van der Waals surface area contributed by atoms with Gasteiger partial charge in [0.25, 0.3) is 0 Å². The Labute approximate surface area is 132 Å². The van der Waals surface area contributed by atoms with Crippen LogP contribution >= 0.6 is 12.4 Å². The molecule has 1 aromatic rings. The van der Waals surface area contributed by atoms with Gasteiger partial charge in [0.15, 0.2) is 0 Å². The Morgan fingerprint density at radius 1 is 1.24 bits per heavy atom. The van der Waals surface area contributed by atoms with Crippen molar-refractivity contribution in [3.8, 4) is 0 Å². The number of amides is 1. The molecule has 0 aliphatic heterocycles. The molecule has 120 valence electrons. The van der Waals surface area contributed by atoms with Crippen molar-refractivity contribution in [3.05, 3.63) is 35.9 Å². The second-order valence-corrected chi connectivity index (χ2v) is 6.52. The normalized spacial score (nSPS) is 13.9. The molecular weight excluding hydrogens is 314 g/mol. The first-order valence-electron chi connectivity index (χ1n) is 6.34. The van der Waals surface area contributed by atoms with E-state index in [-0.39, 0.29) is 37.4 Å². The van der Waals surface area contributed by atoms with Gasteiger partial charge in [-0.25, -0.2) is 13.1 Å². The number of hydrogen-bond donors (Lipinski definition) is 3. The molecule has 0 aromatic heterocycles. The van der Waals surface area contributed by atoms with E-state index in [2.05, 4.69) is 10.0 Å². The molecule has 0 spiro atoms. The van der Waals surface area contributed by atoms with Crippen molar-refractivity contribution in [3.63, 3.8) is 0 Å². The molecule has 0 fully saturated rings. The van der Waals surface area contributed by atoms with Crippen LogP contribution in [0.15, 0.2) is 30.3 Å². The van der Waals surface area contributed by atoms with Crippen LogP contribution in [-0.2, 0) is 14.8 Å². The Bertz CT molecular complexity index is 537. The van der Waals surface area contributed by atoms with Gasteiger partial charge in [-0.15, -0.1) is 12.4 Å². The van der Waals surface area contributed by atoms with Gasteiger partial charge in [0.05, 0.1) is 12.2 Å². The molecule has 0 aliphatic carbocycles. The van der Waals surface area contributed by atoms with Gasteiger partial charge in [-0.05, 0) is 5.56 Å². The second-order valence-electron chi connectivity index (χ2n) is 4.68. The number of sulfonamides is 1. The van der Waals surface area contributed by atoms with Crippen LogP contribution in [0.1, 0.15) is 18.5 Å². The number of nitrogens with one attached hydrogen (secondary N) is 2. The molecule has 1 aromatic carbocycles. The summed E-state index contributed by atoms with van der Waals surface area (Å²) in [5.74, 6) is -0.590. The zero-order valence-corrected chi connectivity index (χ0v) is 13.7. The fourth-order valence-corrected chi connectivity index (χ4v) is 2.18. The monoisotopic (exact) mass is 335 g/mol. The summed E-state index contributed by atoms with van der Waals surface area (Å²) in [6, 6.07) is 8.99. The fourth-order valence-electron chi connectivity index (χ4n) is 1.71. The maximum atomic E-state index is 11.9. The minimum atomic E-state index is -3.23. The molecule has 2 unspecified atom stereocenters. The van der Waals surface area contributed by atoms with Crippen LogP contribution in [0.3, 0.4) is 0 Å². The summed E-state index contributed by atoms with van der Waals surface area (Å²) < 4.78 is 24.0. The largest absolute Gasteiger partial charge is 0.354 e. The van der Waals surface area contributed by atoms with Crippen molar-refractivity contribution in [2.24, 2.45) is 11.7 Å². The quantitative estimate of drug-likeness (QED) is 0.628. The lowest BCUT2D eigenvalue weighted by Crippen LogP contribution is -2.39. The topological polar surface area (TPSA) is 101 Å². The highest BCUT2D eigenvalue weighted by molar-refractivity contribution is 7.88. The number of rotatable bonds is 7. The van der Waals surface area contributed by atoms with E-state index in [0.717, 1.165) is 11.8 Å². The van der Waals surface area contributed by atoms with Crippen LogP contribution in [0.2, 0.25) is 0 Å². The molecule has 21 heavy (non-hydrogen) atoms. The van der Waals surface area contributed by atoms with Crippen LogP contribution in [0.25, 0.3) is 0 Å². The maximum absolute atomic E-state index is 11.9. The minimum Gasteiger partial charge on any atom is -0.354 e. The van der Waals surface area contributed by atoms with E-state index in [1.807, 2.05) is 30.3 Å². The zero-order chi connectivity index (χ0) is 15.2. The summed E-state index contributed by atoms with van der Waals surface area (Å²) in [4.78, 5) is 11.9. The molecule has 1 rings (SSSR count). The lowest BCUT2D eigenvalue weighted by Gasteiger charge is -2.19. The maximum Gasteiger partial charge on any atom is 0.224 e. The van der Waals surface area contributed by atoms with E-state index in [4.69, 9.17) is 5.73 Å². The van der Waals surface area contributed by atoms with Crippen molar-refractivity contribution in [2.75, 3.05) is 19.3 Å². The van der Waals surface area contributed by atoms with Crippen LogP contribution in [0.4, 0.5) is 0 Å². The summed E-state index contributed by atoms with van der Waals surface area (Å²) in [5, 5.41) is 2.66. The van der Waals surface area contributed by atoms with Crippen LogP contribution in [0.5, 0.6) is 0 Å². The van der Waals surface area contributed by atoms with Crippen molar-refractivity contribution in [1.82, 2.24) is 10.0 Å². The van der Waals surface area contributed by atoms with Crippen LogP contribution in [0, 0.1) is 5.92 Å². The van der Waals surface area contributed by atoms with Gasteiger partial charge in [-0.3, -0.25) is 4.79 Å². The molecule has 0 bridgehead atoms. The number of carbonyl (C=O) groups is 1. The van der Waals surface area contributed by atoms with Gasteiger partial charge >= 0.3 is 0 Å². The third-order valence-corrected chi connectivity index (χ3v) is 3.65. The van der Waals surface area contributed by atoms with Gasteiger partial charge in [-0.2, -0.15) is 0 Å². The highest BCUT2D eigenvalue weighted by atomic mass is 35.5. The molecule has 0 saturated heterocycles. The standard InChI is InChI=1S/C13H21N3O3S.ClH/c1-10(12(14)11-6-4-3-5-7-11)13(17)15-8-9-16-20(2,18)19;/h3-7,10,12,16H,8-9,14H2,1-2H3,(H,15,17);1H. The molecule has 8 heteroatoms. The Hall–Kier alpha value is -1.15. The number of nitrogens with two attached hydrogens (primary N) is 1. The average molecular weight is 336 g/mol. The van der Waals surface area contributed by atoms with Crippen LogP contribution in [-0.4, -0.2) is 33.7 Å². The van der Waals surface area contributed by atoms with E-state index in [0.29, 0.717) is 0 Å². The summed E-state index contributed by atoms with van der Waals surface area (Å²) in [6.07, 6.45) is 1.07. The summed E-state index contributed by atoms with van der Waals surface area (Å²) in [6.45, 7) is 2.15. The Morgan fingerprint density at radius 2 is 1.81 bits per heavy atom. The van der Waals surface area contributed by atoms with Crippen molar-refractivity contribution in [1.29, 1.82) is 0 Å². The van der Waals surface area contributed by atoms with Gasteiger partial charge in [-0.1, -0.05) is 37.3 Å². The molecule has 2 atom stereocenters. The first-order chi connectivity index (χ1) is 9.31. The minimum absolute atomic E-state index is 0. The van der Waals surface area contributed by atoms with E-state index in [1.165, 1.54) is 0 Å². The number of halogens is 1. The highest BCUT2D eigenvalue weighted by Gasteiger charge is 2.21. The lowest BCUT2D eigenvalue weighted by molar-refractivity contribution is -0.125. The smallest absolute Gasteiger partial charge is 0.224 e. The number of carbonyl (C=O) groups excluding carboxylic acids is 1. The van der Waals surface area contributed by atoms with E-state index in [9.17, 15) is 13.2 Å². The predicted octanol–water partition coefficient (Wildman–Crippen LogP) is 0.410. The number of hydrogen-bond acceptors (Lipinski definition) is 4. The molecular formula is C13H22ClN3O3S.